The molecule has 4 nitrogen and oxygen atoms in total. The molecule has 0 aromatic heterocycles. The topological polar surface area (TPSA) is 87.5 Å². The van der Waals surface area contributed by atoms with Gasteiger partial charge < -0.3 is 20.5 Å². The SMILES string of the molecule is C=O.Oc1cccc(O)c1.[Na+].[OH-]. The van der Waals surface area contributed by atoms with Crippen LogP contribution < -0.4 is 29.6 Å². The van der Waals surface area contributed by atoms with Crippen molar-refractivity contribution in [3.05, 3.63) is 24.3 Å². The Balaban J connectivity index is -0.000000189. The van der Waals surface area contributed by atoms with Gasteiger partial charge in [-0.05, 0) is 12.1 Å². The van der Waals surface area contributed by atoms with Gasteiger partial charge in [-0.2, -0.15) is 0 Å². The first-order valence-electron chi connectivity index (χ1n) is 2.56. The molecule has 0 atom stereocenters. The van der Waals surface area contributed by atoms with Gasteiger partial charge in [0.2, 0.25) is 0 Å². The Morgan fingerprint density at radius 1 is 1.08 bits per heavy atom. The van der Waals surface area contributed by atoms with Gasteiger partial charge in [0.25, 0.3) is 0 Å². The second-order valence-corrected chi connectivity index (χ2v) is 1.52. The molecule has 0 aliphatic carbocycles. The van der Waals surface area contributed by atoms with E-state index in [1.165, 1.54) is 18.2 Å². The number of phenols is 2. The van der Waals surface area contributed by atoms with Crippen molar-refractivity contribution in [3.63, 3.8) is 0 Å². The van der Waals surface area contributed by atoms with Crippen LogP contribution in [0.25, 0.3) is 0 Å². The van der Waals surface area contributed by atoms with E-state index in [-0.39, 0.29) is 46.5 Å². The van der Waals surface area contributed by atoms with Crippen LogP contribution in [0.5, 0.6) is 11.5 Å². The van der Waals surface area contributed by atoms with Crippen LogP contribution in [-0.4, -0.2) is 22.5 Å². The van der Waals surface area contributed by atoms with E-state index >= 15 is 0 Å². The monoisotopic (exact) mass is 180 g/mol. The summed E-state index contributed by atoms with van der Waals surface area (Å²) in [7, 11) is 0. The number of carbonyl (C=O) groups is 1. The number of rotatable bonds is 0. The van der Waals surface area contributed by atoms with Crippen LogP contribution in [0.2, 0.25) is 0 Å². The van der Waals surface area contributed by atoms with E-state index in [1.807, 2.05) is 6.79 Å². The van der Waals surface area contributed by atoms with Crippen LogP contribution in [0.15, 0.2) is 24.3 Å². The molecule has 3 N–H and O–H groups in total. The standard InChI is InChI=1S/C6H6O2.CH2O.Na.H2O/c7-5-2-1-3-6(8)4-5;1-2;;/h1-4,7-8H;1H2;;1H2/q;;+1;/p-1. The maximum atomic E-state index is 8.65. The van der Waals surface area contributed by atoms with E-state index in [0.717, 1.165) is 0 Å². The summed E-state index contributed by atoms with van der Waals surface area (Å²) in [5.41, 5.74) is 0. The molecule has 0 amide bonds. The van der Waals surface area contributed by atoms with Crippen molar-refractivity contribution in [1.82, 2.24) is 0 Å². The minimum Gasteiger partial charge on any atom is -0.870 e. The molecule has 0 radical (unpaired) electrons. The third-order valence-electron chi connectivity index (χ3n) is 0.830. The van der Waals surface area contributed by atoms with Crippen molar-refractivity contribution in [3.8, 4) is 11.5 Å². The molecule has 12 heavy (non-hydrogen) atoms. The van der Waals surface area contributed by atoms with Gasteiger partial charge in [-0.25, -0.2) is 0 Å². The predicted molar refractivity (Wildman–Crippen MR) is 38.8 cm³/mol. The number of phenolic OH excluding ortho intramolecular Hbond substituents is 2. The molecule has 0 fully saturated rings. The third-order valence-corrected chi connectivity index (χ3v) is 0.830. The molecule has 0 heterocycles. The summed E-state index contributed by atoms with van der Waals surface area (Å²) in [4.78, 5) is 8.00. The number of hydrogen-bond donors (Lipinski definition) is 2. The number of aromatic hydroxyl groups is 2. The minimum atomic E-state index is 0. The van der Waals surface area contributed by atoms with Crippen LogP contribution in [0.3, 0.4) is 0 Å². The molecule has 0 spiro atoms. The first kappa shape index (κ1) is 17.5. The Morgan fingerprint density at radius 3 is 1.58 bits per heavy atom. The van der Waals surface area contributed by atoms with Crippen LogP contribution in [0.4, 0.5) is 0 Å². The molecular formula is C7H9NaO4. The van der Waals surface area contributed by atoms with Gasteiger partial charge in [0.1, 0.15) is 18.3 Å². The van der Waals surface area contributed by atoms with E-state index in [0.29, 0.717) is 0 Å². The summed E-state index contributed by atoms with van der Waals surface area (Å²) in [6.07, 6.45) is 0. The maximum Gasteiger partial charge on any atom is 1.00 e. The fraction of sp³-hybridized carbons (Fsp3) is 0. The number of hydrogen-bond acceptors (Lipinski definition) is 4. The van der Waals surface area contributed by atoms with Gasteiger partial charge in [0, 0.05) is 6.07 Å². The normalized spacial score (nSPS) is 6.33. The molecule has 0 saturated carbocycles. The zero-order chi connectivity index (χ0) is 7.98. The summed E-state index contributed by atoms with van der Waals surface area (Å²) in [5, 5.41) is 17.3. The van der Waals surface area contributed by atoms with E-state index in [4.69, 9.17) is 15.0 Å². The van der Waals surface area contributed by atoms with Gasteiger partial charge >= 0.3 is 29.6 Å². The predicted octanol–water partition coefficient (Wildman–Crippen LogP) is -2.26. The van der Waals surface area contributed by atoms with Crippen molar-refractivity contribution >= 4 is 6.79 Å². The van der Waals surface area contributed by atoms with Crippen molar-refractivity contribution in [1.29, 1.82) is 0 Å². The Kier molecular flexibility index (Phi) is 15.2. The fourth-order valence-electron chi connectivity index (χ4n) is 0.493. The molecule has 62 valence electrons. The van der Waals surface area contributed by atoms with Crippen molar-refractivity contribution in [2.75, 3.05) is 0 Å². The summed E-state index contributed by atoms with van der Waals surface area (Å²) in [6.45, 7) is 2.00. The minimum absolute atomic E-state index is 0. The van der Waals surface area contributed by atoms with Gasteiger partial charge in [-0.1, -0.05) is 6.07 Å². The van der Waals surface area contributed by atoms with Gasteiger partial charge in [0.05, 0.1) is 0 Å². The Morgan fingerprint density at radius 2 is 1.42 bits per heavy atom. The molecule has 0 saturated heterocycles. The van der Waals surface area contributed by atoms with Crippen molar-refractivity contribution in [2.24, 2.45) is 0 Å². The summed E-state index contributed by atoms with van der Waals surface area (Å²) in [5.74, 6) is 0.176. The molecular weight excluding hydrogens is 171 g/mol. The number of carbonyl (C=O) groups excluding carboxylic acids is 1. The van der Waals surface area contributed by atoms with E-state index in [1.54, 1.807) is 6.07 Å². The first-order chi connectivity index (χ1) is 4.79. The van der Waals surface area contributed by atoms with Crippen LogP contribution in [0, 0.1) is 0 Å². The average molecular weight is 180 g/mol. The smallest absolute Gasteiger partial charge is 0.870 e. The zero-order valence-corrected chi connectivity index (χ0v) is 8.77. The van der Waals surface area contributed by atoms with Crippen LogP contribution in [0.1, 0.15) is 0 Å². The van der Waals surface area contributed by atoms with Crippen molar-refractivity contribution in [2.45, 2.75) is 0 Å². The van der Waals surface area contributed by atoms with E-state index < -0.39 is 0 Å². The Bertz CT molecular complexity index is 187. The largest absolute Gasteiger partial charge is 1.00 e. The first-order valence-corrected chi connectivity index (χ1v) is 2.56. The molecule has 5 heteroatoms. The van der Waals surface area contributed by atoms with Crippen LogP contribution in [-0.2, 0) is 4.79 Å². The Labute approximate surface area is 92.4 Å². The molecule has 0 unspecified atom stereocenters. The fourth-order valence-corrected chi connectivity index (χ4v) is 0.493. The molecule has 0 aliphatic heterocycles. The van der Waals surface area contributed by atoms with Gasteiger partial charge in [-0.15, -0.1) is 0 Å². The molecule has 0 bridgehead atoms. The van der Waals surface area contributed by atoms with E-state index in [9.17, 15) is 0 Å². The second kappa shape index (κ2) is 10.4. The summed E-state index contributed by atoms with van der Waals surface area (Å²) in [6, 6.07) is 5.85. The molecule has 1 aromatic rings. The zero-order valence-electron chi connectivity index (χ0n) is 6.77. The summed E-state index contributed by atoms with van der Waals surface area (Å²) >= 11 is 0. The number of benzene rings is 1. The maximum absolute atomic E-state index is 8.65. The molecule has 0 aliphatic rings. The van der Waals surface area contributed by atoms with Crippen LogP contribution >= 0.6 is 0 Å². The second-order valence-electron chi connectivity index (χ2n) is 1.52. The quantitative estimate of drug-likeness (QED) is 0.441. The Hall–Kier alpha value is -0.550. The summed E-state index contributed by atoms with van der Waals surface area (Å²) < 4.78 is 0. The van der Waals surface area contributed by atoms with E-state index in [2.05, 4.69) is 0 Å². The third kappa shape index (κ3) is 7.56. The average Bonchev–Trinajstić information content (AvgIpc) is 1.91. The van der Waals surface area contributed by atoms with Crippen molar-refractivity contribution < 1.29 is 50.0 Å². The van der Waals surface area contributed by atoms with Gasteiger partial charge in [-0.3, -0.25) is 0 Å². The van der Waals surface area contributed by atoms with Gasteiger partial charge in [0.15, 0.2) is 0 Å². The molecule has 1 rings (SSSR count). The molecule has 1 aromatic carbocycles.